The number of hydrogen-bond acceptors (Lipinski definition) is 2. The van der Waals surface area contributed by atoms with Crippen LogP contribution in [0, 0.1) is 11.8 Å². The van der Waals surface area contributed by atoms with Gasteiger partial charge in [0, 0.05) is 19.0 Å². The molecule has 1 atom stereocenters. The number of nitrogens with two attached hydrogens (primary N) is 1. The first-order valence-corrected chi connectivity index (χ1v) is 5.01. The molecule has 0 bridgehead atoms. The van der Waals surface area contributed by atoms with E-state index in [1.54, 1.807) is 0 Å². The lowest BCUT2D eigenvalue weighted by atomic mass is 10.1. The predicted molar refractivity (Wildman–Crippen MR) is 55.3 cm³/mol. The quantitative estimate of drug-likeness (QED) is 0.698. The highest BCUT2D eigenvalue weighted by molar-refractivity contribution is 5.78. The molecule has 0 aliphatic rings. The van der Waals surface area contributed by atoms with Crippen molar-refractivity contribution < 1.29 is 4.79 Å². The molecular formula is C10H22N2O. The third-order valence-electron chi connectivity index (χ3n) is 2.12. The van der Waals surface area contributed by atoms with E-state index in [9.17, 15) is 4.79 Å². The topological polar surface area (TPSA) is 46.3 Å². The van der Waals surface area contributed by atoms with Gasteiger partial charge in [0.2, 0.25) is 5.91 Å². The fraction of sp³-hybridized carbons (Fsp3) is 0.900. The molecule has 1 unspecified atom stereocenters. The highest BCUT2D eigenvalue weighted by Gasteiger charge is 2.16. The second-order valence-corrected chi connectivity index (χ2v) is 3.87. The van der Waals surface area contributed by atoms with E-state index in [-0.39, 0.29) is 11.8 Å². The molecule has 0 aromatic carbocycles. The Morgan fingerprint density at radius 2 is 1.92 bits per heavy atom. The highest BCUT2D eigenvalue weighted by Crippen LogP contribution is 2.04. The summed E-state index contributed by atoms with van der Waals surface area (Å²) in [7, 11) is 0. The van der Waals surface area contributed by atoms with Crippen molar-refractivity contribution in [2.24, 2.45) is 17.6 Å². The molecule has 0 aromatic rings. The average Bonchev–Trinajstić information content (AvgIpc) is 2.12. The molecule has 0 aliphatic carbocycles. The maximum atomic E-state index is 11.6. The standard InChI is InChI=1S/C10H22N2O/c1-5-12(7-9(4)6-11)10(13)8(2)3/h8-9H,5-7,11H2,1-4H3. The summed E-state index contributed by atoms with van der Waals surface area (Å²) in [5.74, 6) is 0.704. The minimum atomic E-state index is 0.0879. The Balaban J connectivity index is 4.10. The first-order chi connectivity index (χ1) is 6.02. The summed E-state index contributed by atoms with van der Waals surface area (Å²) < 4.78 is 0. The van der Waals surface area contributed by atoms with E-state index in [4.69, 9.17) is 5.73 Å². The van der Waals surface area contributed by atoms with Crippen LogP contribution in [-0.4, -0.2) is 30.4 Å². The highest BCUT2D eigenvalue weighted by atomic mass is 16.2. The number of rotatable bonds is 5. The van der Waals surface area contributed by atoms with Crippen LogP contribution in [0.2, 0.25) is 0 Å². The normalized spacial score (nSPS) is 13.1. The zero-order chi connectivity index (χ0) is 10.4. The van der Waals surface area contributed by atoms with Crippen molar-refractivity contribution in [2.75, 3.05) is 19.6 Å². The van der Waals surface area contributed by atoms with E-state index in [0.29, 0.717) is 12.5 Å². The second kappa shape index (κ2) is 5.97. The van der Waals surface area contributed by atoms with E-state index >= 15 is 0 Å². The van der Waals surface area contributed by atoms with Crippen molar-refractivity contribution >= 4 is 5.91 Å². The molecule has 13 heavy (non-hydrogen) atoms. The van der Waals surface area contributed by atoms with E-state index in [1.165, 1.54) is 0 Å². The number of carbonyl (C=O) groups excluding carboxylic acids is 1. The summed E-state index contributed by atoms with van der Waals surface area (Å²) in [6, 6.07) is 0. The maximum Gasteiger partial charge on any atom is 0.225 e. The van der Waals surface area contributed by atoms with E-state index in [0.717, 1.165) is 13.1 Å². The van der Waals surface area contributed by atoms with Crippen LogP contribution in [0.3, 0.4) is 0 Å². The first-order valence-electron chi connectivity index (χ1n) is 5.01. The van der Waals surface area contributed by atoms with E-state index < -0.39 is 0 Å². The summed E-state index contributed by atoms with van der Waals surface area (Å²) in [4.78, 5) is 13.5. The fourth-order valence-corrected chi connectivity index (χ4v) is 1.19. The van der Waals surface area contributed by atoms with Crippen molar-refractivity contribution in [1.82, 2.24) is 4.90 Å². The monoisotopic (exact) mass is 186 g/mol. The SMILES string of the molecule is CCN(CC(C)CN)C(=O)C(C)C. The van der Waals surface area contributed by atoms with Crippen molar-refractivity contribution in [2.45, 2.75) is 27.7 Å². The second-order valence-electron chi connectivity index (χ2n) is 3.87. The number of carbonyl (C=O) groups is 1. The van der Waals surface area contributed by atoms with Crippen molar-refractivity contribution in [3.8, 4) is 0 Å². The Morgan fingerprint density at radius 3 is 2.23 bits per heavy atom. The summed E-state index contributed by atoms with van der Waals surface area (Å²) in [5.41, 5.74) is 5.51. The van der Waals surface area contributed by atoms with Crippen LogP contribution in [0.5, 0.6) is 0 Å². The molecule has 0 fully saturated rings. The van der Waals surface area contributed by atoms with Crippen molar-refractivity contribution in [3.63, 3.8) is 0 Å². The molecule has 78 valence electrons. The Bertz CT molecular complexity index is 157. The van der Waals surface area contributed by atoms with E-state index in [2.05, 4.69) is 6.92 Å². The van der Waals surface area contributed by atoms with Crippen LogP contribution in [0.4, 0.5) is 0 Å². The van der Waals surface area contributed by atoms with Crippen LogP contribution in [-0.2, 0) is 4.79 Å². The van der Waals surface area contributed by atoms with Crippen molar-refractivity contribution in [1.29, 1.82) is 0 Å². The molecule has 0 aromatic heterocycles. The molecule has 0 radical (unpaired) electrons. The molecule has 0 saturated carbocycles. The molecule has 3 nitrogen and oxygen atoms in total. The molecular weight excluding hydrogens is 164 g/mol. The van der Waals surface area contributed by atoms with E-state index in [1.807, 2.05) is 25.7 Å². The lowest BCUT2D eigenvalue weighted by Crippen LogP contribution is -2.38. The van der Waals surface area contributed by atoms with Crippen LogP contribution in [0.25, 0.3) is 0 Å². The Hall–Kier alpha value is -0.570. The molecule has 0 aliphatic heterocycles. The Kier molecular flexibility index (Phi) is 5.71. The maximum absolute atomic E-state index is 11.6. The number of amides is 1. The van der Waals surface area contributed by atoms with Gasteiger partial charge in [-0.25, -0.2) is 0 Å². The van der Waals surface area contributed by atoms with Gasteiger partial charge in [-0.05, 0) is 19.4 Å². The third kappa shape index (κ3) is 4.27. The van der Waals surface area contributed by atoms with Gasteiger partial charge in [-0.2, -0.15) is 0 Å². The minimum absolute atomic E-state index is 0.0879. The average molecular weight is 186 g/mol. The predicted octanol–water partition coefficient (Wildman–Crippen LogP) is 1.09. The summed E-state index contributed by atoms with van der Waals surface area (Å²) in [6.07, 6.45) is 0. The first kappa shape index (κ1) is 12.4. The van der Waals surface area contributed by atoms with Gasteiger partial charge >= 0.3 is 0 Å². The van der Waals surface area contributed by atoms with Crippen LogP contribution >= 0.6 is 0 Å². The van der Waals surface area contributed by atoms with Crippen molar-refractivity contribution in [3.05, 3.63) is 0 Å². The van der Waals surface area contributed by atoms with Crippen LogP contribution in [0.1, 0.15) is 27.7 Å². The third-order valence-corrected chi connectivity index (χ3v) is 2.12. The van der Waals surface area contributed by atoms with Gasteiger partial charge in [0.25, 0.3) is 0 Å². The van der Waals surface area contributed by atoms with Crippen LogP contribution < -0.4 is 5.73 Å². The fourth-order valence-electron chi connectivity index (χ4n) is 1.19. The molecule has 1 amide bonds. The minimum Gasteiger partial charge on any atom is -0.342 e. The zero-order valence-corrected chi connectivity index (χ0v) is 9.21. The largest absolute Gasteiger partial charge is 0.342 e. The smallest absolute Gasteiger partial charge is 0.225 e. The van der Waals surface area contributed by atoms with Crippen LogP contribution in [0.15, 0.2) is 0 Å². The summed E-state index contributed by atoms with van der Waals surface area (Å²) in [6.45, 7) is 10.1. The van der Waals surface area contributed by atoms with Gasteiger partial charge in [-0.15, -0.1) is 0 Å². The van der Waals surface area contributed by atoms with Gasteiger partial charge in [-0.3, -0.25) is 4.79 Å². The number of hydrogen-bond donors (Lipinski definition) is 1. The molecule has 0 spiro atoms. The zero-order valence-electron chi connectivity index (χ0n) is 9.21. The Labute approximate surface area is 81.3 Å². The molecule has 3 heteroatoms. The Morgan fingerprint density at radius 1 is 1.38 bits per heavy atom. The molecule has 0 rings (SSSR count). The van der Waals surface area contributed by atoms with Gasteiger partial charge in [0.05, 0.1) is 0 Å². The number of nitrogens with zero attached hydrogens (tertiary/aromatic N) is 1. The molecule has 0 heterocycles. The van der Waals surface area contributed by atoms with Gasteiger partial charge < -0.3 is 10.6 Å². The van der Waals surface area contributed by atoms with Gasteiger partial charge in [0.1, 0.15) is 0 Å². The summed E-state index contributed by atoms with van der Waals surface area (Å²) in [5, 5.41) is 0. The summed E-state index contributed by atoms with van der Waals surface area (Å²) >= 11 is 0. The lowest BCUT2D eigenvalue weighted by Gasteiger charge is -2.25. The lowest BCUT2D eigenvalue weighted by molar-refractivity contribution is -0.134. The molecule has 2 N–H and O–H groups in total. The van der Waals surface area contributed by atoms with Gasteiger partial charge in [0.15, 0.2) is 0 Å². The molecule has 0 saturated heterocycles. The van der Waals surface area contributed by atoms with Gasteiger partial charge in [-0.1, -0.05) is 20.8 Å².